The lowest BCUT2D eigenvalue weighted by atomic mass is 10.0. The number of nitrogens with one attached hydrogen (secondary N) is 1. The summed E-state index contributed by atoms with van der Waals surface area (Å²) < 4.78 is 5.18. The summed E-state index contributed by atoms with van der Waals surface area (Å²) in [5.74, 6) is -0.732. The van der Waals surface area contributed by atoms with Gasteiger partial charge in [0, 0.05) is 24.7 Å². The average Bonchev–Trinajstić information content (AvgIpc) is 3.08. The summed E-state index contributed by atoms with van der Waals surface area (Å²) in [6, 6.07) is 12.5. The fraction of sp³-hybridized carbons (Fsp3) is 0.333. The van der Waals surface area contributed by atoms with Gasteiger partial charge >= 0.3 is 0 Å². The minimum Gasteiger partial charge on any atom is -0.497 e. The van der Waals surface area contributed by atoms with Crippen molar-refractivity contribution in [1.82, 2.24) is 15.1 Å². The molecule has 8 heteroatoms. The Hall–Kier alpha value is -3.68. The summed E-state index contributed by atoms with van der Waals surface area (Å²) in [5.41, 5.74) is 1.20. The Bertz CT molecular complexity index is 1040. The van der Waals surface area contributed by atoms with E-state index in [4.69, 9.17) is 4.74 Å². The third kappa shape index (κ3) is 3.95. The zero-order chi connectivity index (χ0) is 22.8. The second-order valence-electron chi connectivity index (χ2n) is 8.01. The number of ether oxygens (including phenoxy) is 1. The van der Waals surface area contributed by atoms with E-state index in [1.54, 1.807) is 67.5 Å². The van der Waals surface area contributed by atoms with Gasteiger partial charge in [-0.15, -0.1) is 0 Å². The normalized spacial score (nSPS) is 17.2. The number of rotatable bonds is 5. The highest BCUT2D eigenvalue weighted by Gasteiger charge is 2.41. The highest BCUT2D eigenvalue weighted by molar-refractivity contribution is 6.22. The summed E-state index contributed by atoms with van der Waals surface area (Å²) >= 11 is 0. The van der Waals surface area contributed by atoms with Crippen LogP contribution in [0, 0.1) is 0 Å². The van der Waals surface area contributed by atoms with E-state index < -0.39 is 17.9 Å². The molecule has 4 rings (SSSR count). The van der Waals surface area contributed by atoms with Crippen LogP contribution in [0.15, 0.2) is 48.5 Å². The molecule has 1 unspecified atom stereocenters. The number of fused-ring (bicyclic) bond motifs is 1. The summed E-state index contributed by atoms with van der Waals surface area (Å²) in [6.07, 6.45) is 1.19. The molecule has 1 atom stereocenters. The Morgan fingerprint density at radius 2 is 1.62 bits per heavy atom. The lowest BCUT2D eigenvalue weighted by Gasteiger charge is -2.33. The summed E-state index contributed by atoms with van der Waals surface area (Å²) in [7, 11) is 1.56. The molecular weight excluding hydrogens is 410 g/mol. The first kappa shape index (κ1) is 21.5. The molecule has 166 valence electrons. The van der Waals surface area contributed by atoms with Gasteiger partial charge in [-0.25, -0.2) is 0 Å². The molecule has 4 amide bonds. The minimum absolute atomic E-state index is 0.0759. The SMILES string of the molecule is COc1cccc(C(=O)N2CCC(NC(=O)C(C)N3C(=O)c4ccccc4C3=O)CC2)c1. The van der Waals surface area contributed by atoms with Crippen LogP contribution >= 0.6 is 0 Å². The van der Waals surface area contributed by atoms with E-state index in [1.165, 1.54) is 0 Å². The Balaban J connectivity index is 1.33. The van der Waals surface area contributed by atoms with Crippen LogP contribution in [0.3, 0.4) is 0 Å². The molecule has 0 aliphatic carbocycles. The molecule has 2 aromatic carbocycles. The van der Waals surface area contributed by atoms with E-state index in [-0.39, 0.29) is 17.9 Å². The van der Waals surface area contributed by atoms with Crippen molar-refractivity contribution in [2.75, 3.05) is 20.2 Å². The number of piperidine rings is 1. The first-order chi connectivity index (χ1) is 15.4. The zero-order valence-corrected chi connectivity index (χ0v) is 18.0. The molecule has 0 aromatic heterocycles. The van der Waals surface area contributed by atoms with Gasteiger partial charge in [0.25, 0.3) is 17.7 Å². The molecule has 2 heterocycles. The maximum absolute atomic E-state index is 12.8. The quantitative estimate of drug-likeness (QED) is 0.726. The van der Waals surface area contributed by atoms with E-state index in [2.05, 4.69) is 5.32 Å². The topological polar surface area (TPSA) is 96.0 Å². The lowest BCUT2D eigenvalue weighted by molar-refractivity contribution is -0.125. The van der Waals surface area contributed by atoms with Gasteiger partial charge in [0.2, 0.25) is 5.91 Å². The second kappa shape index (κ2) is 8.82. The molecule has 2 aliphatic rings. The zero-order valence-electron chi connectivity index (χ0n) is 18.0. The van der Waals surface area contributed by atoms with Gasteiger partial charge in [-0.3, -0.25) is 24.1 Å². The van der Waals surface area contributed by atoms with E-state index in [9.17, 15) is 19.2 Å². The van der Waals surface area contributed by atoms with E-state index in [1.807, 2.05) is 0 Å². The van der Waals surface area contributed by atoms with Crippen LogP contribution in [0.1, 0.15) is 50.8 Å². The molecule has 1 fully saturated rings. The highest BCUT2D eigenvalue weighted by Crippen LogP contribution is 2.25. The number of carbonyl (C=O) groups is 4. The molecule has 0 spiro atoms. The molecule has 0 radical (unpaired) electrons. The molecule has 8 nitrogen and oxygen atoms in total. The molecular formula is C24H25N3O5. The van der Waals surface area contributed by atoms with Gasteiger partial charge in [-0.05, 0) is 50.1 Å². The Kier molecular flexibility index (Phi) is 5.94. The first-order valence-electron chi connectivity index (χ1n) is 10.6. The summed E-state index contributed by atoms with van der Waals surface area (Å²) in [6.45, 7) is 2.56. The Labute approximate surface area is 186 Å². The molecule has 2 aliphatic heterocycles. The van der Waals surface area contributed by atoms with Crippen LogP contribution < -0.4 is 10.1 Å². The van der Waals surface area contributed by atoms with Crippen LogP contribution in [-0.2, 0) is 4.79 Å². The number of benzene rings is 2. The number of imide groups is 1. The van der Waals surface area contributed by atoms with Crippen molar-refractivity contribution in [3.8, 4) is 5.75 Å². The van der Waals surface area contributed by atoms with Gasteiger partial charge in [0.05, 0.1) is 18.2 Å². The fourth-order valence-electron chi connectivity index (χ4n) is 4.16. The van der Waals surface area contributed by atoms with Crippen molar-refractivity contribution in [2.24, 2.45) is 0 Å². The lowest BCUT2D eigenvalue weighted by Crippen LogP contribution is -2.53. The van der Waals surface area contributed by atoms with Crippen LogP contribution in [0.2, 0.25) is 0 Å². The van der Waals surface area contributed by atoms with Crippen molar-refractivity contribution in [3.63, 3.8) is 0 Å². The number of hydrogen-bond donors (Lipinski definition) is 1. The molecule has 32 heavy (non-hydrogen) atoms. The van der Waals surface area contributed by atoms with Crippen molar-refractivity contribution in [2.45, 2.75) is 31.8 Å². The Morgan fingerprint density at radius 3 is 2.22 bits per heavy atom. The number of methoxy groups -OCH3 is 1. The number of carbonyl (C=O) groups excluding carboxylic acids is 4. The van der Waals surface area contributed by atoms with E-state index in [0.29, 0.717) is 48.4 Å². The van der Waals surface area contributed by atoms with Crippen molar-refractivity contribution >= 4 is 23.6 Å². The van der Waals surface area contributed by atoms with Crippen molar-refractivity contribution in [1.29, 1.82) is 0 Å². The number of likely N-dealkylation sites (tertiary alicyclic amines) is 1. The van der Waals surface area contributed by atoms with E-state index >= 15 is 0 Å². The smallest absolute Gasteiger partial charge is 0.262 e. The van der Waals surface area contributed by atoms with Crippen LogP contribution in [-0.4, -0.2) is 65.7 Å². The molecule has 0 saturated carbocycles. The molecule has 2 aromatic rings. The predicted molar refractivity (Wildman–Crippen MR) is 116 cm³/mol. The first-order valence-corrected chi connectivity index (χ1v) is 10.6. The van der Waals surface area contributed by atoms with Gasteiger partial charge in [0.15, 0.2) is 0 Å². The van der Waals surface area contributed by atoms with Crippen molar-refractivity contribution < 1.29 is 23.9 Å². The largest absolute Gasteiger partial charge is 0.497 e. The fourth-order valence-corrected chi connectivity index (χ4v) is 4.16. The molecule has 1 N–H and O–H groups in total. The third-order valence-electron chi connectivity index (χ3n) is 6.04. The van der Waals surface area contributed by atoms with E-state index in [0.717, 1.165) is 4.90 Å². The minimum atomic E-state index is -0.918. The third-order valence-corrected chi connectivity index (χ3v) is 6.04. The number of hydrogen-bond acceptors (Lipinski definition) is 5. The summed E-state index contributed by atoms with van der Waals surface area (Å²) in [4.78, 5) is 53.6. The number of nitrogens with zero attached hydrogens (tertiary/aromatic N) is 2. The monoisotopic (exact) mass is 435 g/mol. The molecule has 1 saturated heterocycles. The van der Waals surface area contributed by atoms with Gasteiger partial charge in [-0.1, -0.05) is 18.2 Å². The maximum atomic E-state index is 12.8. The average molecular weight is 435 g/mol. The van der Waals surface area contributed by atoms with Gasteiger partial charge in [-0.2, -0.15) is 0 Å². The van der Waals surface area contributed by atoms with Crippen LogP contribution in [0.5, 0.6) is 5.75 Å². The van der Waals surface area contributed by atoms with Crippen LogP contribution in [0.25, 0.3) is 0 Å². The second-order valence-corrected chi connectivity index (χ2v) is 8.01. The maximum Gasteiger partial charge on any atom is 0.262 e. The Morgan fingerprint density at radius 1 is 1.00 bits per heavy atom. The summed E-state index contributed by atoms with van der Waals surface area (Å²) in [5, 5.41) is 2.94. The van der Waals surface area contributed by atoms with Gasteiger partial charge in [0.1, 0.15) is 11.8 Å². The predicted octanol–water partition coefficient (Wildman–Crippen LogP) is 2.10. The van der Waals surface area contributed by atoms with Crippen molar-refractivity contribution in [3.05, 3.63) is 65.2 Å². The molecule has 0 bridgehead atoms. The number of amides is 4. The highest BCUT2D eigenvalue weighted by atomic mass is 16.5. The van der Waals surface area contributed by atoms with Gasteiger partial charge < -0.3 is 15.0 Å². The standard InChI is InChI=1S/C24H25N3O5/c1-15(27-23(30)19-8-3-4-9-20(19)24(27)31)21(28)25-17-10-12-26(13-11-17)22(29)16-6-5-7-18(14-16)32-2/h3-9,14-15,17H,10-13H2,1-2H3,(H,25,28). The van der Waals surface area contributed by atoms with Crippen LogP contribution in [0.4, 0.5) is 0 Å².